The van der Waals surface area contributed by atoms with Crippen molar-refractivity contribution >= 4 is 39.8 Å². The van der Waals surface area contributed by atoms with E-state index in [9.17, 15) is 4.79 Å². The molecule has 4 rings (SSSR count). The second kappa shape index (κ2) is 6.97. The fourth-order valence-electron chi connectivity index (χ4n) is 3.40. The molecule has 0 atom stereocenters. The molecule has 0 bridgehead atoms. The number of H-pyrrole nitrogens is 1. The van der Waals surface area contributed by atoms with Crippen LogP contribution >= 0.6 is 11.6 Å². The normalized spacial score (nSPS) is 14.6. The van der Waals surface area contributed by atoms with Crippen LogP contribution < -0.4 is 15.5 Å². The van der Waals surface area contributed by atoms with Crippen molar-refractivity contribution in [2.75, 3.05) is 36.4 Å². The van der Waals surface area contributed by atoms with Gasteiger partial charge in [0.25, 0.3) is 5.91 Å². The number of halogens is 1. The van der Waals surface area contributed by atoms with E-state index in [0.29, 0.717) is 10.6 Å². The molecule has 1 fully saturated rings. The number of anilines is 2. The molecule has 1 saturated heterocycles. The van der Waals surface area contributed by atoms with Gasteiger partial charge in [0.05, 0.1) is 17.3 Å². The molecule has 0 aliphatic carbocycles. The molecule has 134 valence electrons. The van der Waals surface area contributed by atoms with Gasteiger partial charge in [0.15, 0.2) is 0 Å². The van der Waals surface area contributed by atoms with Crippen molar-refractivity contribution in [3.05, 3.63) is 52.7 Å². The second-order valence-corrected chi connectivity index (χ2v) is 6.91. The Morgan fingerprint density at radius 3 is 2.81 bits per heavy atom. The molecule has 7 heteroatoms. The number of fused-ring (bicyclic) bond motifs is 1. The Hall–Kier alpha value is -2.57. The van der Waals surface area contributed by atoms with E-state index in [2.05, 4.69) is 38.7 Å². The molecule has 1 aromatic heterocycles. The van der Waals surface area contributed by atoms with Crippen molar-refractivity contribution in [1.29, 1.82) is 0 Å². The third-order valence-electron chi connectivity index (χ3n) is 4.68. The minimum absolute atomic E-state index is 0.201. The molecular weight excluding hydrogens is 350 g/mol. The predicted octanol–water partition coefficient (Wildman–Crippen LogP) is 3.19. The largest absolute Gasteiger partial charge is 0.369 e. The molecular formula is C19H20ClN5O. The predicted molar refractivity (Wildman–Crippen MR) is 105 cm³/mol. The number of hydrogen-bond donors (Lipinski definition) is 3. The lowest BCUT2D eigenvalue weighted by Gasteiger charge is -2.30. The Bertz CT molecular complexity index is 962. The summed E-state index contributed by atoms with van der Waals surface area (Å²) in [5, 5.41) is 14.4. The number of benzene rings is 2. The molecule has 2 heterocycles. The maximum atomic E-state index is 12.7. The summed E-state index contributed by atoms with van der Waals surface area (Å²) in [5.41, 5.74) is 4.37. The lowest BCUT2D eigenvalue weighted by molar-refractivity contribution is 0.102. The third kappa shape index (κ3) is 3.25. The molecule has 1 amide bonds. The van der Waals surface area contributed by atoms with Crippen LogP contribution in [0.4, 0.5) is 11.4 Å². The number of carbonyl (C=O) groups is 1. The van der Waals surface area contributed by atoms with Gasteiger partial charge >= 0.3 is 0 Å². The average molecular weight is 370 g/mol. The van der Waals surface area contributed by atoms with Crippen LogP contribution in [0.15, 0.2) is 36.5 Å². The summed E-state index contributed by atoms with van der Waals surface area (Å²) < 4.78 is 0. The molecule has 2 aromatic carbocycles. The monoisotopic (exact) mass is 369 g/mol. The van der Waals surface area contributed by atoms with Crippen molar-refractivity contribution in [2.45, 2.75) is 6.92 Å². The summed E-state index contributed by atoms with van der Waals surface area (Å²) >= 11 is 6.12. The van der Waals surface area contributed by atoms with Crippen LogP contribution in [0.2, 0.25) is 5.02 Å². The highest BCUT2D eigenvalue weighted by Gasteiger charge is 2.15. The maximum Gasteiger partial charge on any atom is 0.256 e. The van der Waals surface area contributed by atoms with Gasteiger partial charge in [-0.05, 0) is 42.8 Å². The zero-order valence-corrected chi connectivity index (χ0v) is 15.2. The third-order valence-corrected chi connectivity index (χ3v) is 4.90. The van der Waals surface area contributed by atoms with E-state index >= 15 is 0 Å². The number of piperazine rings is 1. The highest BCUT2D eigenvalue weighted by Crippen LogP contribution is 2.26. The first-order valence-corrected chi connectivity index (χ1v) is 9.00. The average Bonchev–Trinajstić information content (AvgIpc) is 3.10. The molecule has 6 nitrogen and oxygen atoms in total. The van der Waals surface area contributed by atoms with Crippen molar-refractivity contribution in [3.8, 4) is 0 Å². The van der Waals surface area contributed by atoms with Gasteiger partial charge in [0, 0.05) is 48.0 Å². The molecule has 0 unspecified atom stereocenters. The Morgan fingerprint density at radius 2 is 2.04 bits per heavy atom. The van der Waals surface area contributed by atoms with Gasteiger partial charge in [-0.1, -0.05) is 11.6 Å². The Kier molecular flexibility index (Phi) is 4.53. The summed E-state index contributed by atoms with van der Waals surface area (Å²) in [6.07, 6.45) is 1.64. The van der Waals surface area contributed by atoms with Gasteiger partial charge in [0.2, 0.25) is 0 Å². The van der Waals surface area contributed by atoms with E-state index in [4.69, 9.17) is 11.6 Å². The lowest BCUT2D eigenvalue weighted by atomic mass is 10.1. The molecule has 0 spiro atoms. The van der Waals surface area contributed by atoms with E-state index in [1.165, 1.54) is 5.69 Å². The first kappa shape index (κ1) is 16.9. The molecule has 3 aromatic rings. The molecule has 26 heavy (non-hydrogen) atoms. The van der Waals surface area contributed by atoms with Crippen LogP contribution in [0.5, 0.6) is 0 Å². The van der Waals surface area contributed by atoms with E-state index in [0.717, 1.165) is 48.3 Å². The Balaban J connectivity index is 1.57. The number of aryl methyl sites for hydroxylation is 1. The van der Waals surface area contributed by atoms with Crippen LogP contribution in [0.3, 0.4) is 0 Å². The van der Waals surface area contributed by atoms with Gasteiger partial charge < -0.3 is 15.5 Å². The number of carbonyl (C=O) groups excluding carboxylic acids is 1. The van der Waals surface area contributed by atoms with Crippen LogP contribution in [0.25, 0.3) is 10.9 Å². The standard InChI is InChI=1S/C19H20ClN5O/c1-12-8-14(2-3-18(12)25-6-4-21-5-7-25)23-19(26)15-9-13(20)10-17-16(15)11-22-24-17/h2-3,8-11,21H,4-7H2,1H3,(H,22,24)(H,23,26). The molecule has 0 radical (unpaired) electrons. The fraction of sp³-hybridized carbons (Fsp3) is 0.263. The van der Waals surface area contributed by atoms with Crippen molar-refractivity contribution in [1.82, 2.24) is 15.5 Å². The van der Waals surface area contributed by atoms with Gasteiger partial charge in [0.1, 0.15) is 0 Å². The number of nitrogens with one attached hydrogen (secondary N) is 3. The second-order valence-electron chi connectivity index (χ2n) is 6.48. The number of hydrogen-bond acceptors (Lipinski definition) is 4. The summed E-state index contributed by atoms with van der Waals surface area (Å²) in [4.78, 5) is 15.1. The van der Waals surface area contributed by atoms with Gasteiger partial charge in [-0.3, -0.25) is 9.89 Å². The minimum atomic E-state index is -0.201. The van der Waals surface area contributed by atoms with Crippen LogP contribution in [0.1, 0.15) is 15.9 Å². The number of nitrogens with zero attached hydrogens (tertiary/aromatic N) is 2. The van der Waals surface area contributed by atoms with Gasteiger partial charge in [-0.15, -0.1) is 0 Å². The highest BCUT2D eigenvalue weighted by molar-refractivity contribution is 6.32. The van der Waals surface area contributed by atoms with E-state index in [1.807, 2.05) is 12.1 Å². The van der Waals surface area contributed by atoms with E-state index < -0.39 is 0 Å². The number of amides is 1. The van der Waals surface area contributed by atoms with Crippen molar-refractivity contribution in [3.63, 3.8) is 0 Å². The highest BCUT2D eigenvalue weighted by atomic mass is 35.5. The van der Waals surface area contributed by atoms with E-state index in [1.54, 1.807) is 18.3 Å². The summed E-state index contributed by atoms with van der Waals surface area (Å²) in [5.74, 6) is -0.201. The smallest absolute Gasteiger partial charge is 0.256 e. The SMILES string of the molecule is Cc1cc(NC(=O)c2cc(Cl)cc3[nH]ncc23)ccc1N1CCNCC1. The number of aromatic nitrogens is 2. The van der Waals surface area contributed by atoms with Gasteiger partial charge in [-0.2, -0.15) is 5.10 Å². The van der Waals surface area contributed by atoms with Crippen LogP contribution in [0, 0.1) is 6.92 Å². The lowest BCUT2D eigenvalue weighted by Crippen LogP contribution is -2.43. The number of aromatic amines is 1. The fourth-order valence-corrected chi connectivity index (χ4v) is 3.61. The van der Waals surface area contributed by atoms with Crippen molar-refractivity contribution in [2.24, 2.45) is 0 Å². The maximum absolute atomic E-state index is 12.7. The van der Waals surface area contributed by atoms with Crippen molar-refractivity contribution < 1.29 is 4.79 Å². The van der Waals surface area contributed by atoms with E-state index in [-0.39, 0.29) is 5.91 Å². The number of rotatable bonds is 3. The summed E-state index contributed by atoms with van der Waals surface area (Å²) in [7, 11) is 0. The van der Waals surface area contributed by atoms with Crippen LogP contribution in [-0.2, 0) is 0 Å². The first-order valence-electron chi connectivity index (χ1n) is 8.62. The summed E-state index contributed by atoms with van der Waals surface area (Å²) in [6, 6.07) is 9.44. The first-order chi connectivity index (χ1) is 12.6. The minimum Gasteiger partial charge on any atom is -0.369 e. The molecule has 1 aliphatic heterocycles. The summed E-state index contributed by atoms with van der Waals surface area (Å²) in [6.45, 7) is 6.04. The quantitative estimate of drug-likeness (QED) is 0.663. The zero-order valence-electron chi connectivity index (χ0n) is 14.5. The molecule has 1 aliphatic rings. The molecule has 0 saturated carbocycles. The Morgan fingerprint density at radius 1 is 1.23 bits per heavy atom. The topological polar surface area (TPSA) is 73.0 Å². The Labute approximate surface area is 156 Å². The molecule has 3 N–H and O–H groups in total. The van der Waals surface area contributed by atoms with Gasteiger partial charge in [-0.25, -0.2) is 0 Å². The van der Waals surface area contributed by atoms with Crippen LogP contribution in [-0.4, -0.2) is 42.3 Å². The zero-order chi connectivity index (χ0) is 18.1.